The van der Waals surface area contributed by atoms with E-state index in [2.05, 4.69) is 14.9 Å². The van der Waals surface area contributed by atoms with E-state index in [9.17, 15) is 13.2 Å². The molecule has 1 N–H and O–H groups in total. The number of aryl methyl sites for hydroxylation is 2. The van der Waals surface area contributed by atoms with Crippen LogP contribution in [0.3, 0.4) is 0 Å². The number of nitrogens with zero attached hydrogens (tertiary/aromatic N) is 2. The Kier molecular flexibility index (Phi) is 5.40. The molecule has 0 unspecified atom stereocenters. The predicted octanol–water partition coefficient (Wildman–Crippen LogP) is 3.15. The van der Waals surface area contributed by atoms with Crippen LogP contribution in [0.15, 0.2) is 51.9 Å². The van der Waals surface area contributed by atoms with E-state index >= 15 is 0 Å². The molecule has 0 bridgehead atoms. The summed E-state index contributed by atoms with van der Waals surface area (Å²) in [7, 11) is -3.66. The van der Waals surface area contributed by atoms with Crippen molar-refractivity contribution in [1.82, 2.24) is 14.9 Å². The Bertz CT molecular complexity index is 1180. The van der Waals surface area contributed by atoms with E-state index in [0.29, 0.717) is 11.5 Å². The van der Waals surface area contributed by atoms with Crippen LogP contribution in [0.5, 0.6) is 0 Å². The van der Waals surface area contributed by atoms with Crippen molar-refractivity contribution in [2.75, 3.05) is 0 Å². The molecular weight excluding hydrogens is 406 g/mol. The fraction of sp³-hybridized carbons (Fsp3) is 0.286. The summed E-state index contributed by atoms with van der Waals surface area (Å²) in [6, 6.07) is 12.0. The second-order valence-electron chi connectivity index (χ2n) is 7.33. The third-order valence-corrected chi connectivity index (χ3v) is 6.26. The van der Waals surface area contributed by atoms with Crippen molar-refractivity contribution < 1.29 is 22.5 Å². The summed E-state index contributed by atoms with van der Waals surface area (Å²) < 4.78 is 37.9. The van der Waals surface area contributed by atoms with Gasteiger partial charge in [-0.3, -0.25) is 0 Å². The standard InChI is InChI=1S/C21H21N3O5S/c1-13-3-6-15(7-4-13)20-22-19(23-29-20)12-28-21(25)18-11-17(10-5-14(18)2)30(26,27)24-16-8-9-16/h3-7,10-11,16,24H,8-9,12H2,1-2H3. The van der Waals surface area contributed by atoms with Crippen LogP contribution in [0.1, 0.15) is 40.2 Å². The molecule has 1 saturated carbocycles. The first-order chi connectivity index (χ1) is 14.3. The summed E-state index contributed by atoms with van der Waals surface area (Å²) >= 11 is 0. The number of esters is 1. The van der Waals surface area contributed by atoms with E-state index < -0.39 is 16.0 Å². The maximum absolute atomic E-state index is 12.5. The van der Waals surface area contributed by atoms with Crippen LogP contribution in [0, 0.1) is 13.8 Å². The summed E-state index contributed by atoms with van der Waals surface area (Å²) in [5.41, 5.74) is 2.66. The van der Waals surface area contributed by atoms with Gasteiger partial charge >= 0.3 is 5.97 Å². The van der Waals surface area contributed by atoms with E-state index in [1.807, 2.05) is 31.2 Å². The SMILES string of the molecule is Cc1ccc(-c2nc(COC(=O)c3cc(S(=O)(=O)NC4CC4)ccc3C)no2)cc1. The minimum Gasteiger partial charge on any atom is -0.454 e. The molecule has 1 fully saturated rings. The zero-order chi connectivity index (χ0) is 21.3. The number of carbonyl (C=O) groups excluding carboxylic acids is 1. The lowest BCUT2D eigenvalue weighted by Gasteiger charge is -2.10. The fourth-order valence-corrected chi connectivity index (χ4v) is 4.14. The average Bonchev–Trinajstić information content (AvgIpc) is 3.39. The third-order valence-electron chi connectivity index (χ3n) is 4.74. The molecule has 9 heteroatoms. The highest BCUT2D eigenvalue weighted by Gasteiger charge is 2.28. The van der Waals surface area contributed by atoms with E-state index in [0.717, 1.165) is 24.0 Å². The van der Waals surface area contributed by atoms with Crippen LogP contribution >= 0.6 is 0 Å². The van der Waals surface area contributed by atoms with Crippen LogP contribution in [-0.2, 0) is 21.4 Å². The van der Waals surface area contributed by atoms with Gasteiger partial charge in [0.2, 0.25) is 15.8 Å². The quantitative estimate of drug-likeness (QED) is 0.577. The number of rotatable bonds is 7. The van der Waals surface area contributed by atoms with Crippen LogP contribution < -0.4 is 4.72 Å². The topological polar surface area (TPSA) is 111 Å². The van der Waals surface area contributed by atoms with Crippen molar-refractivity contribution in [3.63, 3.8) is 0 Å². The van der Waals surface area contributed by atoms with Crippen LogP contribution in [0.2, 0.25) is 0 Å². The van der Waals surface area contributed by atoms with Gasteiger partial charge in [-0.05, 0) is 56.5 Å². The molecule has 8 nitrogen and oxygen atoms in total. The molecule has 0 aliphatic heterocycles. The number of nitrogens with one attached hydrogen (secondary N) is 1. The van der Waals surface area contributed by atoms with Crippen LogP contribution in [0.4, 0.5) is 0 Å². The van der Waals surface area contributed by atoms with Crippen molar-refractivity contribution in [3.8, 4) is 11.5 Å². The Morgan fingerprint density at radius 3 is 2.60 bits per heavy atom. The van der Waals surface area contributed by atoms with Gasteiger partial charge < -0.3 is 9.26 Å². The molecule has 4 rings (SSSR count). The smallest absolute Gasteiger partial charge is 0.338 e. The first kappa shape index (κ1) is 20.2. The van der Waals surface area contributed by atoms with Gasteiger partial charge in [0.1, 0.15) is 0 Å². The first-order valence-corrected chi connectivity index (χ1v) is 11.0. The molecule has 156 valence electrons. The molecule has 1 aliphatic rings. The largest absolute Gasteiger partial charge is 0.454 e. The Hall–Kier alpha value is -3.04. The molecule has 2 aromatic carbocycles. The summed E-state index contributed by atoms with van der Waals surface area (Å²) in [5, 5.41) is 3.83. The van der Waals surface area contributed by atoms with Gasteiger partial charge in [0.05, 0.1) is 10.5 Å². The molecule has 0 saturated heterocycles. The second-order valence-corrected chi connectivity index (χ2v) is 9.04. The zero-order valence-corrected chi connectivity index (χ0v) is 17.4. The van der Waals surface area contributed by atoms with Crippen molar-refractivity contribution in [1.29, 1.82) is 0 Å². The monoisotopic (exact) mass is 427 g/mol. The number of benzene rings is 2. The van der Waals surface area contributed by atoms with Gasteiger partial charge in [-0.2, -0.15) is 4.98 Å². The molecule has 1 heterocycles. The average molecular weight is 427 g/mol. The molecule has 1 aromatic heterocycles. The van der Waals surface area contributed by atoms with E-state index in [1.54, 1.807) is 13.0 Å². The van der Waals surface area contributed by atoms with E-state index in [-0.39, 0.29) is 28.9 Å². The van der Waals surface area contributed by atoms with Crippen LogP contribution in [-0.4, -0.2) is 30.6 Å². The molecule has 0 spiro atoms. The molecule has 0 radical (unpaired) electrons. The molecular formula is C21H21N3O5S. The highest BCUT2D eigenvalue weighted by Crippen LogP contribution is 2.24. The maximum Gasteiger partial charge on any atom is 0.338 e. The normalized spacial score (nSPS) is 13.9. The van der Waals surface area contributed by atoms with Crippen molar-refractivity contribution in [2.45, 2.75) is 44.2 Å². The Labute approximate surface area is 174 Å². The number of ether oxygens (including phenoxy) is 1. The number of hydrogen-bond acceptors (Lipinski definition) is 7. The van der Waals surface area contributed by atoms with Gasteiger partial charge in [-0.25, -0.2) is 17.9 Å². The zero-order valence-electron chi connectivity index (χ0n) is 16.6. The van der Waals surface area contributed by atoms with Gasteiger partial charge in [0, 0.05) is 11.6 Å². The fourth-order valence-electron chi connectivity index (χ4n) is 2.81. The van der Waals surface area contributed by atoms with E-state index in [4.69, 9.17) is 9.26 Å². The molecule has 1 aliphatic carbocycles. The van der Waals surface area contributed by atoms with Gasteiger partial charge in [-0.1, -0.05) is 28.9 Å². The van der Waals surface area contributed by atoms with Gasteiger partial charge in [-0.15, -0.1) is 0 Å². The molecule has 3 aromatic rings. The third kappa shape index (κ3) is 4.58. The lowest BCUT2D eigenvalue weighted by Crippen LogP contribution is -2.26. The summed E-state index contributed by atoms with van der Waals surface area (Å²) in [4.78, 5) is 16.8. The predicted molar refractivity (Wildman–Crippen MR) is 108 cm³/mol. The minimum atomic E-state index is -3.66. The highest BCUT2D eigenvalue weighted by atomic mass is 32.2. The number of aromatic nitrogens is 2. The van der Waals surface area contributed by atoms with Crippen molar-refractivity contribution >= 4 is 16.0 Å². The lowest BCUT2D eigenvalue weighted by atomic mass is 10.1. The Morgan fingerprint density at radius 2 is 1.90 bits per heavy atom. The molecule has 30 heavy (non-hydrogen) atoms. The second kappa shape index (κ2) is 8.00. The number of hydrogen-bond donors (Lipinski definition) is 1. The summed E-state index contributed by atoms with van der Waals surface area (Å²) in [6.07, 6.45) is 1.66. The van der Waals surface area contributed by atoms with Crippen LogP contribution in [0.25, 0.3) is 11.5 Å². The molecule has 0 atom stereocenters. The maximum atomic E-state index is 12.5. The van der Waals surface area contributed by atoms with E-state index in [1.165, 1.54) is 12.1 Å². The summed E-state index contributed by atoms with van der Waals surface area (Å²) in [6.45, 7) is 3.50. The summed E-state index contributed by atoms with van der Waals surface area (Å²) in [5.74, 6) is -0.107. The molecule has 0 amide bonds. The minimum absolute atomic E-state index is 0.0207. The Morgan fingerprint density at radius 1 is 1.17 bits per heavy atom. The van der Waals surface area contributed by atoms with Crippen molar-refractivity contribution in [3.05, 3.63) is 65.0 Å². The number of sulfonamides is 1. The van der Waals surface area contributed by atoms with Gasteiger partial charge in [0.25, 0.3) is 5.89 Å². The number of carbonyl (C=O) groups is 1. The first-order valence-electron chi connectivity index (χ1n) is 9.51. The van der Waals surface area contributed by atoms with Gasteiger partial charge in [0.15, 0.2) is 6.61 Å². The Balaban J connectivity index is 1.45. The highest BCUT2D eigenvalue weighted by molar-refractivity contribution is 7.89. The van der Waals surface area contributed by atoms with Crippen molar-refractivity contribution in [2.24, 2.45) is 0 Å². The lowest BCUT2D eigenvalue weighted by molar-refractivity contribution is 0.0458.